The zero-order chi connectivity index (χ0) is 17.7. The number of pyridine rings is 2. The summed E-state index contributed by atoms with van der Waals surface area (Å²) >= 11 is 0. The van der Waals surface area contributed by atoms with Crippen molar-refractivity contribution in [3.63, 3.8) is 0 Å². The predicted molar refractivity (Wildman–Crippen MR) is 106 cm³/mol. The molecular weight excluding hydrogens is 322 g/mol. The van der Waals surface area contributed by atoms with E-state index < -0.39 is 0 Å². The van der Waals surface area contributed by atoms with E-state index in [9.17, 15) is 0 Å². The minimum absolute atomic E-state index is 0.0563. The molecule has 1 saturated heterocycles. The maximum Gasteiger partial charge on any atom is 0.130 e. The minimum Gasteiger partial charge on any atom is -0.369 e. The molecule has 2 N–H and O–H groups in total. The quantitative estimate of drug-likeness (QED) is 0.891. The van der Waals surface area contributed by atoms with Gasteiger partial charge in [0.25, 0.3) is 0 Å². The van der Waals surface area contributed by atoms with Gasteiger partial charge in [0.1, 0.15) is 5.82 Å². The van der Waals surface area contributed by atoms with Gasteiger partial charge < -0.3 is 15.5 Å². The minimum atomic E-state index is 0.0563. The lowest BCUT2D eigenvalue weighted by Gasteiger charge is -2.31. The zero-order valence-corrected chi connectivity index (χ0v) is 15.7. The Balaban J connectivity index is 1.58. The van der Waals surface area contributed by atoms with Crippen LogP contribution in [0, 0.1) is 0 Å². The molecule has 0 aromatic carbocycles. The number of hydrogen-bond donors (Lipinski definition) is 2. The summed E-state index contributed by atoms with van der Waals surface area (Å²) < 4.78 is 0. The Morgan fingerprint density at radius 1 is 1.15 bits per heavy atom. The summed E-state index contributed by atoms with van der Waals surface area (Å²) in [5.41, 5.74) is 6.51. The number of aromatic nitrogens is 2. The Morgan fingerprint density at radius 2 is 1.96 bits per heavy atom. The maximum atomic E-state index is 4.89. The van der Waals surface area contributed by atoms with Gasteiger partial charge in [0.05, 0.1) is 5.69 Å². The lowest BCUT2D eigenvalue weighted by atomic mass is 9.95. The topological polar surface area (TPSA) is 53.1 Å². The molecule has 5 nitrogen and oxygen atoms in total. The molecule has 0 bridgehead atoms. The van der Waals surface area contributed by atoms with Crippen LogP contribution in [0.1, 0.15) is 43.7 Å². The van der Waals surface area contributed by atoms with Crippen LogP contribution in [0.2, 0.25) is 0 Å². The molecule has 0 spiro atoms. The van der Waals surface area contributed by atoms with Crippen molar-refractivity contribution in [1.29, 1.82) is 0 Å². The Kier molecular flexibility index (Phi) is 3.67. The predicted octanol–water partition coefficient (Wildman–Crippen LogP) is 3.18. The van der Waals surface area contributed by atoms with Gasteiger partial charge in [-0.25, -0.2) is 4.98 Å². The molecule has 5 heteroatoms. The number of hydrogen-bond acceptors (Lipinski definition) is 5. The van der Waals surface area contributed by atoms with E-state index in [0.29, 0.717) is 5.92 Å². The molecule has 1 aliphatic carbocycles. The van der Waals surface area contributed by atoms with E-state index in [1.54, 1.807) is 0 Å². The molecule has 2 aromatic rings. The Labute approximate surface area is 155 Å². The molecule has 1 saturated carbocycles. The van der Waals surface area contributed by atoms with Crippen LogP contribution in [0.5, 0.6) is 0 Å². The molecule has 136 valence electrons. The van der Waals surface area contributed by atoms with Crippen molar-refractivity contribution < 1.29 is 0 Å². The van der Waals surface area contributed by atoms with Crippen LogP contribution in [0.15, 0.2) is 24.5 Å². The van der Waals surface area contributed by atoms with E-state index >= 15 is 0 Å². The van der Waals surface area contributed by atoms with Crippen LogP contribution >= 0.6 is 0 Å². The fourth-order valence-electron chi connectivity index (χ4n) is 4.32. The first-order chi connectivity index (χ1) is 12.6. The van der Waals surface area contributed by atoms with Crippen molar-refractivity contribution in [3.05, 3.63) is 35.7 Å². The van der Waals surface area contributed by atoms with Crippen LogP contribution in [-0.4, -0.2) is 41.7 Å². The third-order valence-electron chi connectivity index (χ3n) is 5.79. The van der Waals surface area contributed by atoms with Gasteiger partial charge in [-0.15, -0.1) is 0 Å². The Hall–Kier alpha value is -2.14. The molecule has 2 aliphatic heterocycles. The Bertz CT molecular complexity index is 834. The van der Waals surface area contributed by atoms with Gasteiger partial charge in [-0.05, 0) is 56.7 Å². The number of anilines is 2. The monoisotopic (exact) mass is 349 g/mol. The van der Waals surface area contributed by atoms with Crippen molar-refractivity contribution in [2.75, 3.05) is 36.4 Å². The molecule has 0 radical (unpaired) electrons. The van der Waals surface area contributed by atoms with Gasteiger partial charge in [0.15, 0.2) is 0 Å². The number of piperazine rings is 1. The molecule has 2 fully saturated rings. The lowest BCUT2D eigenvalue weighted by Crippen LogP contribution is -2.43. The van der Waals surface area contributed by atoms with Crippen LogP contribution < -0.4 is 15.5 Å². The third-order valence-corrected chi connectivity index (χ3v) is 5.79. The second-order valence-electron chi connectivity index (χ2n) is 8.51. The van der Waals surface area contributed by atoms with Crippen molar-refractivity contribution >= 4 is 11.5 Å². The van der Waals surface area contributed by atoms with E-state index in [0.717, 1.165) is 44.1 Å². The number of rotatable bonds is 3. The molecule has 5 rings (SSSR count). The van der Waals surface area contributed by atoms with Crippen LogP contribution in [-0.2, 0) is 6.42 Å². The summed E-state index contributed by atoms with van der Waals surface area (Å²) in [5.74, 6) is 1.73. The highest BCUT2D eigenvalue weighted by Gasteiger charge is 2.32. The molecule has 26 heavy (non-hydrogen) atoms. The summed E-state index contributed by atoms with van der Waals surface area (Å²) in [5, 5.41) is 7.01. The standard InChI is InChI=1S/C21H27N5/c1-21(2)12-16-15(5-6-23-20(16)25-21)18-11-19(26-9-7-22-8-10-26)17(13-24-18)14-3-4-14/h5-6,11,13-14,22H,3-4,7-10,12H2,1-2H3,(H,23,25). The fraction of sp³-hybridized carbons (Fsp3) is 0.524. The first-order valence-corrected chi connectivity index (χ1v) is 9.83. The second-order valence-corrected chi connectivity index (χ2v) is 8.51. The van der Waals surface area contributed by atoms with E-state index in [-0.39, 0.29) is 5.54 Å². The number of nitrogens with one attached hydrogen (secondary N) is 2. The van der Waals surface area contributed by atoms with Crippen LogP contribution in [0.3, 0.4) is 0 Å². The van der Waals surface area contributed by atoms with Crippen molar-refractivity contribution in [3.8, 4) is 11.3 Å². The highest BCUT2D eigenvalue weighted by molar-refractivity contribution is 5.75. The SMILES string of the molecule is CC1(C)Cc2c(-c3cc(N4CCNCC4)c(C4CC4)cn3)ccnc2N1. The fourth-order valence-corrected chi connectivity index (χ4v) is 4.32. The molecule has 0 unspecified atom stereocenters. The average molecular weight is 349 g/mol. The van der Waals surface area contributed by atoms with Gasteiger partial charge in [-0.3, -0.25) is 4.98 Å². The van der Waals surface area contributed by atoms with Crippen molar-refractivity contribution in [2.45, 2.75) is 44.6 Å². The molecule has 4 heterocycles. The summed E-state index contributed by atoms with van der Waals surface area (Å²) in [4.78, 5) is 12.0. The van der Waals surface area contributed by atoms with Crippen molar-refractivity contribution in [1.82, 2.24) is 15.3 Å². The summed E-state index contributed by atoms with van der Waals surface area (Å²) in [7, 11) is 0. The van der Waals surface area contributed by atoms with E-state index in [1.165, 1.54) is 35.2 Å². The van der Waals surface area contributed by atoms with Crippen LogP contribution in [0.25, 0.3) is 11.3 Å². The average Bonchev–Trinajstić information content (AvgIpc) is 3.43. The molecule has 3 aliphatic rings. The second kappa shape index (κ2) is 5.95. The van der Waals surface area contributed by atoms with Crippen LogP contribution in [0.4, 0.5) is 11.5 Å². The number of nitrogens with zero attached hydrogens (tertiary/aromatic N) is 3. The lowest BCUT2D eigenvalue weighted by molar-refractivity contribution is 0.587. The largest absolute Gasteiger partial charge is 0.369 e. The normalized spacial score (nSPS) is 21.4. The van der Waals surface area contributed by atoms with Gasteiger partial charge in [-0.2, -0.15) is 0 Å². The number of fused-ring (bicyclic) bond motifs is 1. The highest BCUT2D eigenvalue weighted by Crippen LogP contribution is 2.45. The summed E-state index contributed by atoms with van der Waals surface area (Å²) in [6.45, 7) is 8.73. The first kappa shape index (κ1) is 16.1. The van der Waals surface area contributed by atoms with Gasteiger partial charge in [0.2, 0.25) is 0 Å². The summed E-state index contributed by atoms with van der Waals surface area (Å²) in [6.07, 6.45) is 7.65. The van der Waals surface area contributed by atoms with E-state index in [2.05, 4.69) is 52.7 Å². The van der Waals surface area contributed by atoms with Gasteiger partial charge in [-0.1, -0.05) is 0 Å². The molecule has 2 aromatic heterocycles. The maximum absolute atomic E-state index is 4.89. The zero-order valence-electron chi connectivity index (χ0n) is 15.7. The van der Waals surface area contributed by atoms with Gasteiger partial charge in [0, 0.05) is 60.9 Å². The van der Waals surface area contributed by atoms with E-state index in [1.807, 2.05) is 6.20 Å². The smallest absolute Gasteiger partial charge is 0.130 e. The first-order valence-electron chi connectivity index (χ1n) is 9.83. The Morgan fingerprint density at radius 3 is 2.73 bits per heavy atom. The van der Waals surface area contributed by atoms with Gasteiger partial charge >= 0.3 is 0 Å². The third kappa shape index (κ3) is 2.84. The molecular formula is C21H27N5. The summed E-state index contributed by atoms with van der Waals surface area (Å²) in [6, 6.07) is 4.46. The van der Waals surface area contributed by atoms with E-state index in [4.69, 9.17) is 4.98 Å². The molecule has 0 atom stereocenters. The van der Waals surface area contributed by atoms with Crippen molar-refractivity contribution in [2.24, 2.45) is 0 Å². The highest BCUT2D eigenvalue weighted by atomic mass is 15.2. The molecule has 0 amide bonds.